The van der Waals surface area contributed by atoms with Gasteiger partial charge in [-0.25, -0.2) is 0 Å². The topological polar surface area (TPSA) is 32.3 Å². The van der Waals surface area contributed by atoms with Crippen LogP contribution in [0.1, 0.15) is 19.3 Å². The van der Waals surface area contributed by atoms with Crippen molar-refractivity contribution >= 4 is 11.6 Å². The van der Waals surface area contributed by atoms with Crippen LogP contribution in [0.25, 0.3) is 0 Å². The summed E-state index contributed by atoms with van der Waals surface area (Å²) in [6.45, 7) is 0.993. The van der Waals surface area contributed by atoms with Crippen LogP contribution in [0, 0.1) is 0 Å². The summed E-state index contributed by atoms with van der Waals surface area (Å²) in [4.78, 5) is 0. The summed E-state index contributed by atoms with van der Waals surface area (Å²) in [6.07, 6.45) is 5.23. The fraction of sp³-hybridized carbons (Fsp3) is 0.750. The molecule has 11 heavy (non-hydrogen) atoms. The van der Waals surface area contributed by atoms with Crippen molar-refractivity contribution in [2.24, 2.45) is 0 Å². The molecule has 2 N–H and O–H groups in total. The average Bonchev–Trinajstić information content (AvgIpc) is 1.95. The van der Waals surface area contributed by atoms with E-state index in [-0.39, 0.29) is 12.1 Å². The smallest absolute Gasteiger partial charge is 0.0613 e. The molecule has 0 unspecified atom stereocenters. The second kappa shape index (κ2) is 4.10. The fourth-order valence-electron chi connectivity index (χ4n) is 1.31. The highest BCUT2D eigenvalue weighted by atomic mass is 35.5. The molecular weight excluding hydrogens is 162 g/mol. The molecule has 1 rings (SSSR count). The van der Waals surface area contributed by atoms with E-state index >= 15 is 0 Å². The number of halogens is 1. The summed E-state index contributed by atoms with van der Waals surface area (Å²) < 4.78 is 0. The second-order valence-corrected chi connectivity index (χ2v) is 3.29. The van der Waals surface area contributed by atoms with E-state index in [1.54, 1.807) is 0 Å². The van der Waals surface area contributed by atoms with Crippen LogP contribution in [-0.2, 0) is 0 Å². The van der Waals surface area contributed by atoms with Crippen molar-refractivity contribution in [2.45, 2.75) is 24.8 Å². The van der Waals surface area contributed by atoms with Crippen molar-refractivity contribution in [2.75, 3.05) is 13.2 Å². The van der Waals surface area contributed by atoms with Gasteiger partial charge in [0.2, 0.25) is 0 Å². The van der Waals surface area contributed by atoms with Crippen molar-refractivity contribution in [1.82, 2.24) is 5.32 Å². The molecule has 1 saturated carbocycles. The van der Waals surface area contributed by atoms with E-state index in [0.29, 0.717) is 0 Å². The van der Waals surface area contributed by atoms with Crippen LogP contribution in [0.2, 0.25) is 0 Å². The largest absolute Gasteiger partial charge is 0.394 e. The van der Waals surface area contributed by atoms with Crippen molar-refractivity contribution in [1.29, 1.82) is 0 Å². The first-order chi connectivity index (χ1) is 5.33. The molecule has 0 aromatic carbocycles. The van der Waals surface area contributed by atoms with Gasteiger partial charge in [-0.15, -0.1) is 0 Å². The van der Waals surface area contributed by atoms with Gasteiger partial charge in [0.15, 0.2) is 0 Å². The summed E-state index contributed by atoms with van der Waals surface area (Å²) in [5, 5.41) is 12.3. The van der Waals surface area contributed by atoms with Crippen molar-refractivity contribution < 1.29 is 5.11 Å². The molecule has 0 radical (unpaired) electrons. The highest BCUT2D eigenvalue weighted by molar-refractivity contribution is 6.25. The Morgan fingerprint density at radius 2 is 2.27 bits per heavy atom. The molecule has 2 nitrogen and oxygen atoms in total. The van der Waals surface area contributed by atoms with E-state index in [1.165, 1.54) is 12.0 Å². The Morgan fingerprint density at radius 1 is 1.55 bits per heavy atom. The van der Waals surface area contributed by atoms with Gasteiger partial charge in [0.25, 0.3) is 0 Å². The molecule has 1 fully saturated rings. The summed E-state index contributed by atoms with van der Waals surface area (Å²) >= 11 is 5.35. The molecule has 1 aliphatic carbocycles. The summed E-state index contributed by atoms with van der Waals surface area (Å²) in [5.41, 5.74) is 1.51. The van der Waals surface area contributed by atoms with E-state index in [2.05, 4.69) is 5.32 Å². The lowest BCUT2D eigenvalue weighted by molar-refractivity contribution is 0.0926. The number of aliphatic hydroxyl groups is 1. The zero-order valence-electron chi connectivity index (χ0n) is 6.52. The molecule has 1 aliphatic rings. The molecule has 64 valence electrons. The van der Waals surface area contributed by atoms with Gasteiger partial charge in [-0.2, -0.15) is 0 Å². The standard InChI is InChI=1S/C8H14ClNO/c9-5-2-6-10-8(7-11)3-1-4-8/h2,5,10-11H,1,3-4,6-7H2/b5-2+. The predicted molar refractivity (Wildman–Crippen MR) is 46.7 cm³/mol. The Labute approximate surface area is 72.2 Å². The molecule has 0 aromatic heterocycles. The lowest BCUT2D eigenvalue weighted by Gasteiger charge is -2.41. The second-order valence-electron chi connectivity index (χ2n) is 3.03. The minimum absolute atomic E-state index is 0.0103. The molecule has 0 atom stereocenters. The molecule has 0 amide bonds. The van der Waals surface area contributed by atoms with Crippen LogP contribution < -0.4 is 5.32 Å². The highest BCUT2D eigenvalue weighted by Gasteiger charge is 2.34. The lowest BCUT2D eigenvalue weighted by atomic mass is 9.77. The molecule has 0 heterocycles. The number of nitrogens with one attached hydrogen (secondary N) is 1. The van der Waals surface area contributed by atoms with E-state index in [0.717, 1.165) is 19.4 Å². The zero-order valence-corrected chi connectivity index (χ0v) is 7.27. The summed E-state index contributed by atoms with van der Waals surface area (Å²) in [7, 11) is 0. The first-order valence-electron chi connectivity index (χ1n) is 3.94. The summed E-state index contributed by atoms with van der Waals surface area (Å²) in [5.74, 6) is 0. The van der Waals surface area contributed by atoms with Gasteiger partial charge in [0, 0.05) is 17.6 Å². The Kier molecular flexibility index (Phi) is 3.37. The zero-order chi connectivity index (χ0) is 8.16. The van der Waals surface area contributed by atoms with E-state index in [4.69, 9.17) is 16.7 Å². The van der Waals surface area contributed by atoms with E-state index in [9.17, 15) is 0 Å². The quantitative estimate of drug-likeness (QED) is 0.674. The van der Waals surface area contributed by atoms with Crippen LogP contribution in [-0.4, -0.2) is 23.8 Å². The number of rotatable bonds is 4. The van der Waals surface area contributed by atoms with Gasteiger partial charge in [-0.1, -0.05) is 17.7 Å². The molecule has 0 spiro atoms. The van der Waals surface area contributed by atoms with Gasteiger partial charge in [0.05, 0.1) is 6.61 Å². The first kappa shape index (κ1) is 9.04. The van der Waals surface area contributed by atoms with E-state index < -0.39 is 0 Å². The van der Waals surface area contributed by atoms with Crippen molar-refractivity contribution in [3.63, 3.8) is 0 Å². The maximum atomic E-state index is 9.02. The summed E-state index contributed by atoms with van der Waals surface area (Å²) in [6, 6.07) is 0. The van der Waals surface area contributed by atoms with Crippen LogP contribution in [0.5, 0.6) is 0 Å². The van der Waals surface area contributed by atoms with Crippen molar-refractivity contribution in [3.05, 3.63) is 11.6 Å². The molecule has 0 aromatic rings. The van der Waals surface area contributed by atoms with Gasteiger partial charge >= 0.3 is 0 Å². The molecule has 0 saturated heterocycles. The maximum absolute atomic E-state index is 9.02. The van der Waals surface area contributed by atoms with Gasteiger partial charge in [-0.05, 0) is 19.3 Å². The minimum atomic E-state index is 0.0103. The number of hydrogen-bond acceptors (Lipinski definition) is 2. The molecule has 3 heteroatoms. The van der Waals surface area contributed by atoms with Gasteiger partial charge in [-0.3, -0.25) is 0 Å². The van der Waals surface area contributed by atoms with Gasteiger partial charge < -0.3 is 10.4 Å². The third-order valence-corrected chi connectivity index (χ3v) is 2.48. The highest BCUT2D eigenvalue weighted by Crippen LogP contribution is 2.30. The Hall–Kier alpha value is -0.0500. The number of hydrogen-bond donors (Lipinski definition) is 2. The average molecular weight is 176 g/mol. The SMILES string of the molecule is OCC1(NC/C=C/Cl)CCC1. The normalized spacial score (nSPS) is 22.0. The Morgan fingerprint density at radius 3 is 2.64 bits per heavy atom. The molecular formula is C8H14ClNO. The third kappa shape index (κ3) is 2.19. The monoisotopic (exact) mass is 175 g/mol. The lowest BCUT2D eigenvalue weighted by Crippen LogP contribution is -2.53. The minimum Gasteiger partial charge on any atom is -0.394 e. The number of aliphatic hydroxyl groups excluding tert-OH is 1. The fourth-order valence-corrected chi connectivity index (χ4v) is 1.40. The Balaban J connectivity index is 2.21. The van der Waals surface area contributed by atoms with E-state index in [1.807, 2.05) is 6.08 Å². The van der Waals surface area contributed by atoms with Crippen LogP contribution in [0.3, 0.4) is 0 Å². The van der Waals surface area contributed by atoms with Crippen LogP contribution >= 0.6 is 11.6 Å². The Bertz CT molecular complexity index is 138. The third-order valence-electron chi connectivity index (χ3n) is 2.30. The van der Waals surface area contributed by atoms with Crippen molar-refractivity contribution in [3.8, 4) is 0 Å². The first-order valence-corrected chi connectivity index (χ1v) is 4.38. The predicted octanol–water partition coefficient (Wildman–Crippen LogP) is 1.24. The maximum Gasteiger partial charge on any atom is 0.0613 e. The van der Waals surface area contributed by atoms with Crippen LogP contribution in [0.15, 0.2) is 11.6 Å². The molecule has 0 aliphatic heterocycles. The van der Waals surface area contributed by atoms with Crippen LogP contribution in [0.4, 0.5) is 0 Å². The molecule has 0 bridgehead atoms. The van der Waals surface area contributed by atoms with Gasteiger partial charge in [0.1, 0.15) is 0 Å².